The van der Waals surface area contributed by atoms with E-state index in [1.807, 2.05) is 13.0 Å². The van der Waals surface area contributed by atoms with E-state index in [4.69, 9.17) is 23.2 Å². The molecule has 0 saturated heterocycles. The van der Waals surface area contributed by atoms with Gasteiger partial charge in [-0.2, -0.15) is 0 Å². The van der Waals surface area contributed by atoms with Crippen molar-refractivity contribution in [2.75, 3.05) is 11.4 Å². The SMILES string of the molecule is CCn1cc(CC(=O)N2CCCc3cc(Cl)cc(Cl)c32)nn1. The van der Waals surface area contributed by atoms with Gasteiger partial charge in [0, 0.05) is 24.3 Å². The first kappa shape index (κ1) is 15.3. The van der Waals surface area contributed by atoms with Crippen LogP contribution in [0.2, 0.25) is 10.0 Å². The number of anilines is 1. The van der Waals surface area contributed by atoms with E-state index in [-0.39, 0.29) is 12.3 Å². The fourth-order valence-corrected chi connectivity index (χ4v) is 3.36. The number of hydrogen-bond acceptors (Lipinski definition) is 3. The second-order valence-electron chi connectivity index (χ2n) is 5.29. The molecule has 22 heavy (non-hydrogen) atoms. The molecular formula is C15H16Cl2N4O. The topological polar surface area (TPSA) is 51.0 Å². The lowest BCUT2D eigenvalue weighted by molar-refractivity contribution is -0.118. The van der Waals surface area contributed by atoms with Gasteiger partial charge >= 0.3 is 0 Å². The number of aromatic nitrogens is 3. The number of carbonyl (C=O) groups excluding carboxylic acids is 1. The van der Waals surface area contributed by atoms with E-state index >= 15 is 0 Å². The molecular weight excluding hydrogens is 323 g/mol. The number of rotatable bonds is 3. The number of hydrogen-bond donors (Lipinski definition) is 0. The zero-order valence-corrected chi connectivity index (χ0v) is 13.7. The molecule has 5 nitrogen and oxygen atoms in total. The number of nitrogens with zero attached hydrogens (tertiary/aromatic N) is 4. The predicted molar refractivity (Wildman–Crippen MR) is 86.5 cm³/mol. The normalized spacial score (nSPS) is 14.0. The third-order valence-corrected chi connectivity index (χ3v) is 4.25. The third kappa shape index (κ3) is 2.96. The molecule has 0 N–H and O–H groups in total. The molecule has 0 unspecified atom stereocenters. The van der Waals surface area contributed by atoms with Gasteiger partial charge in [0.25, 0.3) is 0 Å². The van der Waals surface area contributed by atoms with Crippen LogP contribution in [0.15, 0.2) is 18.3 Å². The molecule has 0 radical (unpaired) electrons. The fourth-order valence-electron chi connectivity index (χ4n) is 2.73. The van der Waals surface area contributed by atoms with Crippen molar-refractivity contribution in [3.8, 4) is 0 Å². The van der Waals surface area contributed by atoms with Crippen LogP contribution in [-0.4, -0.2) is 27.4 Å². The number of halogens is 2. The van der Waals surface area contributed by atoms with E-state index in [2.05, 4.69) is 10.3 Å². The summed E-state index contributed by atoms with van der Waals surface area (Å²) in [5, 5.41) is 9.11. The Labute approximate surface area is 138 Å². The highest BCUT2D eigenvalue weighted by molar-refractivity contribution is 6.37. The molecule has 2 aromatic rings. The minimum absolute atomic E-state index is 0.0201. The first-order chi connectivity index (χ1) is 10.6. The maximum atomic E-state index is 12.6. The van der Waals surface area contributed by atoms with Crippen molar-refractivity contribution in [2.24, 2.45) is 0 Å². The van der Waals surface area contributed by atoms with E-state index in [1.165, 1.54) is 0 Å². The van der Waals surface area contributed by atoms with Crippen molar-refractivity contribution in [2.45, 2.75) is 32.7 Å². The number of fused-ring (bicyclic) bond motifs is 1. The van der Waals surface area contributed by atoms with E-state index in [1.54, 1.807) is 21.8 Å². The van der Waals surface area contributed by atoms with Crippen molar-refractivity contribution >= 4 is 34.8 Å². The van der Waals surface area contributed by atoms with Gasteiger partial charge in [-0.15, -0.1) is 5.10 Å². The molecule has 2 heterocycles. The summed E-state index contributed by atoms with van der Waals surface area (Å²) in [4.78, 5) is 14.4. The fraction of sp³-hybridized carbons (Fsp3) is 0.400. The van der Waals surface area contributed by atoms with Crippen LogP contribution in [0, 0.1) is 0 Å². The third-order valence-electron chi connectivity index (χ3n) is 3.75. The Morgan fingerprint density at radius 1 is 1.36 bits per heavy atom. The van der Waals surface area contributed by atoms with Gasteiger partial charge in [-0.25, -0.2) is 0 Å². The Hall–Kier alpha value is -1.59. The standard InChI is InChI=1S/C15H16Cl2N4O/c1-2-20-9-12(18-19-20)8-14(22)21-5-3-4-10-6-11(16)7-13(17)15(10)21/h6-7,9H,2-5,8H2,1H3. The van der Waals surface area contributed by atoms with Crippen molar-refractivity contribution in [1.82, 2.24) is 15.0 Å². The number of aryl methyl sites for hydroxylation is 2. The average Bonchev–Trinajstić information content (AvgIpc) is 2.93. The van der Waals surface area contributed by atoms with Crippen LogP contribution in [0.25, 0.3) is 0 Å². The molecule has 0 spiro atoms. The molecule has 1 aliphatic heterocycles. The summed E-state index contributed by atoms with van der Waals surface area (Å²) < 4.78 is 1.71. The molecule has 0 saturated carbocycles. The summed E-state index contributed by atoms with van der Waals surface area (Å²) in [5.74, 6) is -0.0201. The summed E-state index contributed by atoms with van der Waals surface area (Å²) in [6, 6.07) is 3.57. The maximum Gasteiger partial charge on any atom is 0.233 e. The summed E-state index contributed by atoms with van der Waals surface area (Å²) in [6.07, 6.45) is 3.80. The summed E-state index contributed by atoms with van der Waals surface area (Å²) in [7, 11) is 0. The highest BCUT2D eigenvalue weighted by Crippen LogP contribution is 2.37. The largest absolute Gasteiger partial charge is 0.310 e. The van der Waals surface area contributed by atoms with E-state index in [0.717, 1.165) is 30.6 Å². The molecule has 116 valence electrons. The van der Waals surface area contributed by atoms with Crippen LogP contribution in [0.4, 0.5) is 5.69 Å². The number of benzene rings is 1. The second kappa shape index (κ2) is 6.26. The van der Waals surface area contributed by atoms with Gasteiger partial charge in [0.15, 0.2) is 0 Å². The monoisotopic (exact) mass is 338 g/mol. The van der Waals surface area contributed by atoms with E-state index in [0.29, 0.717) is 22.3 Å². The van der Waals surface area contributed by atoms with Crippen molar-refractivity contribution in [3.63, 3.8) is 0 Å². The highest BCUT2D eigenvalue weighted by atomic mass is 35.5. The first-order valence-electron chi connectivity index (χ1n) is 7.25. The number of carbonyl (C=O) groups is 1. The Morgan fingerprint density at radius 3 is 2.91 bits per heavy atom. The molecule has 1 amide bonds. The molecule has 1 aliphatic rings. The van der Waals surface area contributed by atoms with Crippen molar-refractivity contribution in [3.05, 3.63) is 39.6 Å². The zero-order valence-electron chi connectivity index (χ0n) is 12.2. The molecule has 0 atom stereocenters. The second-order valence-corrected chi connectivity index (χ2v) is 6.13. The van der Waals surface area contributed by atoms with E-state index < -0.39 is 0 Å². The molecule has 7 heteroatoms. The van der Waals surface area contributed by atoms with Gasteiger partial charge in [0.05, 0.1) is 22.8 Å². The van der Waals surface area contributed by atoms with Gasteiger partial charge in [0.1, 0.15) is 0 Å². The molecule has 1 aromatic heterocycles. The van der Waals surface area contributed by atoms with Crippen LogP contribution in [-0.2, 0) is 24.2 Å². The maximum absolute atomic E-state index is 12.6. The Morgan fingerprint density at radius 2 is 2.18 bits per heavy atom. The van der Waals surface area contributed by atoms with Gasteiger partial charge in [-0.05, 0) is 37.5 Å². The average molecular weight is 339 g/mol. The lowest BCUT2D eigenvalue weighted by atomic mass is 10.0. The van der Waals surface area contributed by atoms with Crippen LogP contribution >= 0.6 is 23.2 Å². The quantitative estimate of drug-likeness (QED) is 0.863. The molecule has 0 aliphatic carbocycles. The van der Waals surface area contributed by atoms with Crippen LogP contribution < -0.4 is 4.90 Å². The van der Waals surface area contributed by atoms with Gasteiger partial charge < -0.3 is 4.90 Å². The van der Waals surface area contributed by atoms with Crippen molar-refractivity contribution in [1.29, 1.82) is 0 Å². The lowest BCUT2D eigenvalue weighted by Gasteiger charge is -2.30. The summed E-state index contributed by atoms with van der Waals surface area (Å²) in [5.41, 5.74) is 2.48. The van der Waals surface area contributed by atoms with Crippen LogP contribution in [0.5, 0.6) is 0 Å². The van der Waals surface area contributed by atoms with Crippen LogP contribution in [0.3, 0.4) is 0 Å². The minimum atomic E-state index is -0.0201. The molecule has 3 rings (SSSR count). The lowest BCUT2D eigenvalue weighted by Crippen LogP contribution is -2.36. The minimum Gasteiger partial charge on any atom is -0.310 e. The number of amides is 1. The van der Waals surface area contributed by atoms with Gasteiger partial charge in [-0.1, -0.05) is 28.4 Å². The van der Waals surface area contributed by atoms with Crippen molar-refractivity contribution < 1.29 is 4.79 Å². The van der Waals surface area contributed by atoms with Gasteiger partial charge in [-0.3, -0.25) is 9.48 Å². The summed E-state index contributed by atoms with van der Waals surface area (Å²) >= 11 is 12.4. The summed E-state index contributed by atoms with van der Waals surface area (Å²) in [6.45, 7) is 3.37. The Kier molecular flexibility index (Phi) is 4.36. The van der Waals surface area contributed by atoms with E-state index in [9.17, 15) is 4.79 Å². The Bertz CT molecular complexity index is 714. The molecule has 0 fully saturated rings. The highest BCUT2D eigenvalue weighted by Gasteiger charge is 2.26. The molecule has 0 bridgehead atoms. The Balaban J connectivity index is 1.85. The smallest absolute Gasteiger partial charge is 0.233 e. The first-order valence-corrected chi connectivity index (χ1v) is 8.01. The molecule has 1 aromatic carbocycles. The van der Waals surface area contributed by atoms with Gasteiger partial charge in [0.2, 0.25) is 5.91 Å². The van der Waals surface area contributed by atoms with Crippen LogP contribution in [0.1, 0.15) is 24.6 Å². The zero-order chi connectivity index (χ0) is 15.7. The predicted octanol–water partition coefficient (Wildman–Crippen LogP) is 3.13.